The zero-order valence-corrected chi connectivity index (χ0v) is 15.0. The number of nitrogens with one attached hydrogen (secondary N) is 2. The molecule has 1 aliphatic heterocycles. The summed E-state index contributed by atoms with van der Waals surface area (Å²) in [6.45, 7) is 4.66. The van der Waals surface area contributed by atoms with E-state index in [4.69, 9.17) is 10.5 Å². The lowest BCUT2D eigenvalue weighted by Gasteiger charge is -2.39. The van der Waals surface area contributed by atoms with Crippen LogP contribution in [0.4, 0.5) is 17.1 Å². The molecule has 0 fully saturated rings. The van der Waals surface area contributed by atoms with Gasteiger partial charge in [-0.3, -0.25) is 4.79 Å². The van der Waals surface area contributed by atoms with Gasteiger partial charge < -0.3 is 21.1 Å². The Kier molecular flexibility index (Phi) is 5.02. The summed E-state index contributed by atoms with van der Waals surface area (Å²) in [6, 6.07) is 10.1. The van der Waals surface area contributed by atoms with Gasteiger partial charge >= 0.3 is 5.97 Å². The average molecular weight is 341 g/mol. The van der Waals surface area contributed by atoms with Crippen molar-refractivity contribution in [1.82, 2.24) is 0 Å². The number of unbranched alkanes of at least 4 members (excludes halogenated alkanes) is 1. The number of nitrogen functional groups attached to an aromatic ring is 1. The highest BCUT2D eigenvalue weighted by molar-refractivity contribution is 6.09. The van der Waals surface area contributed by atoms with Gasteiger partial charge in [-0.15, -0.1) is 0 Å². The predicted molar refractivity (Wildman–Crippen MR) is 104 cm³/mol. The van der Waals surface area contributed by atoms with E-state index in [9.17, 15) is 4.79 Å². The van der Waals surface area contributed by atoms with Crippen LogP contribution in [-0.2, 0) is 9.53 Å². The van der Waals surface area contributed by atoms with Crippen LogP contribution in [0.25, 0.3) is 10.8 Å². The molecular formula is C20H27N3O2. The molecule has 25 heavy (non-hydrogen) atoms. The van der Waals surface area contributed by atoms with Crippen LogP contribution in [0.15, 0.2) is 30.3 Å². The van der Waals surface area contributed by atoms with Gasteiger partial charge in [0.05, 0.1) is 6.61 Å². The van der Waals surface area contributed by atoms with Crippen LogP contribution >= 0.6 is 0 Å². The molecule has 0 aliphatic carbocycles. The molecule has 5 heteroatoms. The molecule has 134 valence electrons. The molecule has 0 radical (unpaired) electrons. The summed E-state index contributed by atoms with van der Waals surface area (Å²) in [6.07, 6.45) is 4.06. The number of esters is 1. The van der Waals surface area contributed by atoms with Gasteiger partial charge in [0.15, 0.2) is 0 Å². The Morgan fingerprint density at radius 2 is 1.92 bits per heavy atom. The van der Waals surface area contributed by atoms with Gasteiger partial charge in [-0.05, 0) is 44.4 Å². The highest BCUT2D eigenvalue weighted by Crippen LogP contribution is 2.40. The molecular weight excluding hydrogens is 314 g/mol. The molecule has 2 aromatic carbocycles. The van der Waals surface area contributed by atoms with Gasteiger partial charge in [-0.25, -0.2) is 0 Å². The number of nitrogens with two attached hydrogens (primary N) is 1. The van der Waals surface area contributed by atoms with Gasteiger partial charge in [0.2, 0.25) is 0 Å². The standard InChI is InChI=1S/C20H27N3O2/c1-3-4-9-18(24)25-13-6-12-20(2)22-16-8-5-7-14-15(21)10-11-17(23-20)19(14)16/h5,7-8,10-11,22-23H,3-4,6,9,12-13,21H2,1-2H3. The second kappa shape index (κ2) is 7.21. The van der Waals surface area contributed by atoms with Gasteiger partial charge in [-0.1, -0.05) is 25.5 Å². The molecule has 0 amide bonds. The number of carbonyl (C=O) groups excluding carboxylic acids is 1. The van der Waals surface area contributed by atoms with Crippen molar-refractivity contribution >= 4 is 33.8 Å². The first kappa shape index (κ1) is 17.4. The van der Waals surface area contributed by atoms with E-state index < -0.39 is 0 Å². The molecule has 0 spiro atoms. The molecule has 1 unspecified atom stereocenters. The van der Waals surface area contributed by atoms with Crippen molar-refractivity contribution in [1.29, 1.82) is 0 Å². The van der Waals surface area contributed by atoms with Crippen molar-refractivity contribution in [3.05, 3.63) is 30.3 Å². The number of ether oxygens (including phenoxy) is 1. The molecule has 3 rings (SSSR count). The van der Waals surface area contributed by atoms with E-state index in [1.165, 1.54) is 0 Å². The van der Waals surface area contributed by atoms with Crippen LogP contribution in [0.2, 0.25) is 0 Å². The first-order valence-electron chi connectivity index (χ1n) is 9.05. The van der Waals surface area contributed by atoms with Crippen molar-refractivity contribution in [3.8, 4) is 0 Å². The topological polar surface area (TPSA) is 76.4 Å². The van der Waals surface area contributed by atoms with Crippen LogP contribution in [0.1, 0.15) is 46.0 Å². The molecule has 1 heterocycles. The van der Waals surface area contributed by atoms with Crippen molar-refractivity contribution in [2.45, 2.75) is 51.6 Å². The van der Waals surface area contributed by atoms with Crippen LogP contribution in [0.5, 0.6) is 0 Å². The lowest BCUT2D eigenvalue weighted by molar-refractivity contribution is -0.143. The first-order chi connectivity index (χ1) is 12.0. The minimum absolute atomic E-state index is 0.0952. The fourth-order valence-electron chi connectivity index (χ4n) is 3.39. The Morgan fingerprint density at radius 3 is 2.68 bits per heavy atom. The van der Waals surface area contributed by atoms with Gasteiger partial charge in [0.25, 0.3) is 0 Å². The van der Waals surface area contributed by atoms with Gasteiger partial charge in [-0.2, -0.15) is 0 Å². The molecule has 0 saturated carbocycles. The minimum atomic E-state index is -0.284. The molecule has 0 saturated heterocycles. The third-order valence-corrected chi connectivity index (χ3v) is 4.71. The third kappa shape index (κ3) is 3.81. The van der Waals surface area contributed by atoms with E-state index in [0.717, 1.165) is 53.5 Å². The van der Waals surface area contributed by atoms with E-state index in [2.05, 4.69) is 30.5 Å². The molecule has 1 atom stereocenters. The summed E-state index contributed by atoms with van der Waals surface area (Å²) in [7, 11) is 0. The largest absolute Gasteiger partial charge is 0.466 e. The number of carbonyl (C=O) groups is 1. The van der Waals surface area contributed by atoms with Gasteiger partial charge in [0.1, 0.15) is 5.66 Å². The molecule has 2 aromatic rings. The first-order valence-corrected chi connectivity index (χ1v) is 9.05. The van der Waals surface area contributed by atoms with E-state index in [-0.39, 0.29) is 11.6 Å². The normalized spacial score (nSPS) is 18.5. The zero-order valence-electron chi connectivity index (χ0n) is 15.0. The quantitative estimate of drug-likeness (QED) is 0.393. The Labute approximate surface area is 148 Å². The van der Waals surface area contributed by atoms with Crippen LogP contribution < -0.4 is 16.4 Å². The van der Waals surface area contributed by atoms with Crippen molar-refractivity contribution in [2.24, 2.45) is 0 Å². The highest BCUT2D eigenvalue weighted by Gasteiger charge is 2.29. The Bertz CT molecular complexity index is 761. The predicted octanol–water partition coefficient (Wildman–Crippen LogP) is 4.49. The summed E-state index contributed by atoms with van der Waals surface area (Å²) in [5.41, 5.74) is 8.77. The maximum atomic E-state index is 11.6. The number of rotatable bonds is 7. The Morgan fingerprint density at radius 1 is 1.16 bits per heavy atom. The number of hydrogen-bond donors (Lipinski definition) is 3. The molecule has 0 bridgehead atoms. The average Bonchev–Trinajstić information content (AvgIpc) is 2.60. The number of anilines is 3. The van der Waals surface area contributed by atoms with Crippen molar-refractivity contribution in [2.75, 3.05) is 23.0 Å². The summed E-state index contributed by atoms with van der Waals surface area (Å²) < 4.78 is 5.31. The highest BCUT2D eigenvalue weighted by atomic mass is 16.5. The fourth-order valence-corrected chi connectivity index (χ4v) is 3.39. The SMILES string of the molecule is CCCCC(=O)OCCCC1(C)Nc2cccc3c(N)ccc(c23)N1. The maximum absolute atomic E-state index is 11.6. The number of hydrogen-bond acceptors (Lipinski definition) is 5. The molecule has 0 aromatic heterocycles. The summed E-state index contributed by atoms with van der Waals surface area (Å²) >= 11 is 0. The fraction of sp³-hybridized carbons (Fsp3) is 0.450. The van der Waals surface area contributed by atoms with Crippen molar-refractivity contribution in [3.63, 3.8) is 0 Å². The minimum Gasteiger partial charge on any atom is -0.466 e. The Balaban J connectivity index is 1.63. The smallest absolute Gasteiger partial charge is 0.305 e. The van der Waals surface area contributed by atoms with Crippen LogP contribution in [-0.4, -0.2) is 18.2 Å². The maximum Gasteiger partial charge on any atom is 0.305 e. The van der Waals surface area contributed by atoms with E-state index in [0.29, 0.717) is 13.0 Å². The molecule has 1 aliphatic rings. The lowest BCUT2D eigenvalue weighted by atomic mass is 9.96. The van der Waals surface area contributed by atoms with E-state index >= 15 is 0 Å². The van der Waals surface area contributed by atoms with E-state index in [1.54, 1.807) is 0 Å². The second-order valence-electron chi connectivity index (χ2n) is 6.94. The number of benzene rings is 2. The lowest BCUT2D eigenvalue weighted by Crippen LogP contribution is -2.45. The van der Waals surface area contributed by atoms with E-state index in [1.807, 2.05) is 24.3 Å². The zero-order chi connectivity index (χ0) is 17.9. The van der Waals surface area contributed by atoms with Crippen LogP contribution in [0, 0.1) is 0 Å². The van der Waals surface area contributed by atoms with Gasteiger partial charge in [0, 0.05) is 34.3 Å². The monoisotopic (exact) mass is 341 g/mol. The van der Waals surface area contributed by atoms with Crippen LogP contribution in [0.3, 0.4) is 0 Å². The molecule has 4 N–H and O–H groups in total. The summed E-state index contributed by atoms with van der Waals surface area (Å²) in [5, 5.41) is 9.35. The van der Waals surface area contributed by atoms with Crippen molar-refractivity contribution < 1.29 is 9.53 Å². The second-order valence-corrected chi connectivity index (χ2v) is 6.94. The summed E-state index contributed by atoms with van der Waals surface area (Å²) in [4.78, 5) is 11.6. The third-order valence-electron chi connectivity index (χ3n) is 4.71. The summed E-state index contributed by atoms with van der Waals surface area (Å²) in [5.74, 6) is -0.0952. The Hall–Kier alpha value is -2.43. The molecule has 5 nitrogen and oxygen atoms in total.